The number of amides is 1. The summed E-state index contributed by atoms with van der Waals surface area (Å²) in [6, 6.07) is 0. The van der Waals surface area contributed by atoms with Crippen LogP contribution >= 0.6 is 0 Å². The Morgan fingerprint density at radius 2 is 2.00 bits per heavy atom. The molecule has 0 spiro atoms. The summed E-state index contributed by atoms with van der Waals surface area (Å²) in [5.74, 6) is -2.70. The van der Waals surface area contributed by atoms with E-state index in [4.69, 9.17) is 4.74 Å². The molecular formula is C16H22NO4-. The van der Waals surface area contributed by atoms with E-state index in [1.807, 2.05) is 0 Å². The summed E-state index contributed by atoms with van der Waals surface area (Å²) in [4.78, 5) is 23.5. The highest BCUT2D eigenvalue weighted by molar-refractivity contribution is 5.86. The van der Waals surface area contributed by atoms with E-state index in [0.29, 0.717) is 6.54 Å². The molecule has 2 heterocycles. The van der Waals surface area contributed by atoms with Gasteiger partial charge in [-0.2, -0.15) is 0 Å². The summed E-state index contributed by atoms with van der Waals surface area (Å²) in [6.07, 6.45) is 8.79. The van der Waals surface area contributed by atoms with Crippen molar-refractivity contribution < 1.29 is 19.4 Å². The zero-order chi connectivity index (χ0) is 14.8. The van der Waals surface area contributed by atoms with Crippen LogP contribution in [0.4, 0.5) is 0 Å². The quantitative estimate of drug-likeness (QED) is 0.750. The number of carboxylic acid groups (broad SMARTS) is 1. The Morgan fingerprint density at radius 3 is 2.67 bits per heavy atom. The van der Waals surface area contributed by atoms with Gasteiger partial charge >= 0.3 is 0 Å². The highest BCUT2D eigenvalue weighted by Gasteiger charge is 2.52. The molecule has 0 radical (unpaired) electrons. The van der Waals surface area contributed by atoms with E-state index in [1.54, 1.807) is 0 Å². The van der Waals surface area contributed by atoms with Crippen molar-refractivity contribution in [3.8, 4) is 0 Å². The minimum Gasteiger partial charge on any atom is -0.550 e. The molecule has 21 heavy (non-hydrogen) atoms. The maximum absolute atomic E-state index is 12.3. The smallest absolute Gasteiger partial charge is 0.226 e. The lowest BCUT2D eigenvalue weighted by Gasteiger charge is -2.27. The second kappa shape index (κ2) is 6.18. The molecule has 5 nitrogen and oxygen atoms in total. The molecule has 3 rings (SSSR count). The molecule has 1 aliphatic carbocycles. The molecule has 1 amide bonds. The van der Waals surface area contributed by atoms with Crippen LogP contribution in [0.2, 0.25) is 0 Å². The van der Waals surface area contributed by atoms with Gasteiger partial charge in [0.25, 0.3) is 0 Å². The molecule has 116 valence electrons. The van der Waals surface area contributed by atoms with Gasteiger partial charge in [0.05, 0.1) is 18.1 Å². The first-order valence-corrected chi connectivity index (χ1v) is 7.99. The van der Waals surface area contributed by atoms with Gasteiger partial charge in [-0.15, -0.1) is 0 Å². The van der Waals surface area contributed by atoms with Crippen LogP contribution in [0.15, 0.2) is 11.6 Å². The van der Waals surface area contributed by atoms with Crippen LogP contribution < -0.4 is 10.4 Å². The Morgan fingerprint density at radius 1 is 1.24 bits per heavy atom. The number of hydrogen-bond donors (Lipinski definition) is 1. The highest BCUT2D eigenvalue weighted by Crippen LogP contribution is 2.43. The van der Waals surface area contributed by atoms with Gasteiger partial charge < -0.3 is 20.0 Å². The number of allylic oxidation sites excluding steroid dienone is 1. The summed E-state index contributed by atoms with van der Waals surface area (Å²) in [7, 11) is 0. The number of carbonyl (C=O) groups is 2. The average molecular weight is 292 g/mol. The van der Waals surface area contributed by atoms with Gasteiger partial charge in [-0.1, -0.05) is 11.6 Å². The molecule has 4 unspecified atom stereocenters. The SMILES string of the molecule is O=C([O-])C1C2CCC(O2)C1C(=O)NCCC1=CCCCC1. The number of nitrogens with one attached hydrogen (secondary N) is 1. The van der Waals surface area contributed by atoms with Crippen molar-refractivity contribution in [2.45, 2.75) is 57.2 Å². The second-order valence-corrected chi connectivity index (χ2v) is 6.31. The fraction of sp³-hybridized carbons (Fsp3) is 0.750. The minimum absolute atomic E-state index is 0.187. The summed E-state index contributed by atoms with van der Waals surface area (Å²) in [6.45, 7) is 0.582. The van der Waals surface area contributed by atoms with E-state index < -0.39 is 17.8 Å². The summed E-state index contributed by atoms with van der Waals surface area (Å²) >= 11 is 0. The topological polar surface area (TPSA) is 78.5 Å². The Balaban J connectivity index is 1.52. The van der Waals surface area contributed by atoms with E-state index in [2.05, 4.69) is 11.4 Å². The van der Waals surface area contributed by atoms with Crippen LogP contribution in [0.5, 0.6) is 0 Å². The van der Waals surface area contributed by atoms with Crippen molar-refractivity contribution in [2.24, 2.45) is 11.8 Å². The van der Waals surface area contributed by atoms with E-state index in [0.717, 1.165) is 32.1 Å². The molecule has 3 aliphatic rings. The van der Waals surface area contributed by atoms with Gasteiger partial charge in [-0.3, -0.25) is 4.79 Å². The molecule has 0 aromatic rings. The Bertz CT molecular complexity index is 459. The van der Waals surface area contributed by atoms with Crippen LogP contribution in [0, 0.1) is 11.8 Å². The third-order valence-electron chi connectivity index (χ3n) is 4.98. The molecule has 2 fully saturated rings. The van der Waals surface area contributed by atoms with Crippen molar-refractivity contribution in [1.29, 1.82) is 0 Å². The monoisotopic (exact) mass is 292 g/mol. The highest BCUT2D eigenvalue weighted by atomic mass is 16.5. The molecular weight excluding hydrogens is 270 g/mol. The van der Waals surface area contributed by atoms with Crippen molar-refractivity contribution >= 4 is 11.9 Å². The lowest BCUT2D eigenvalue weighted by molar-refractivity contribution is -0.314. The van der Waals surface area contributed by atoms with E-state index >= 15 is 0 Å². The van der Waals surface area contributed by atoms with Gasteiger partial charge in [0.2, 0.25) is 5.91 Å². The molecule has 2 bridgehead atoms. The first-order valence-electron chi connectivity index (χ1n) is 7.99. The molecule has 0 aromatic heterocycles. The largest absolute Gasteiger partial charge is 0.550 e. The zero-order valence-corrected chi connectivity index (χ0v) is 12.2. The number of aliphatic carboxylic acids is 1. The number of carbonyl (C=O) groups excluding carboxylic acids is 2. The van der Waals surface area contributed by atoms with Crippen LogP contribution in [-0.2, 0) is 14.3 Å². The molecule has 2 aliphatic heterocycles. The number of fused-ring (bicyclic) bond motifs is 2. The fourth-order valence-electron chi connectivity index (χ4n) is 3.91. The van der Waals surface area contributed by atoms with Crippen LogP contribution in [0.1, 0.15) is 44.9 Å². The van der Waals surface area contributed by atoms with Gasteiger partial charge in [-0.25, -0.2) is 0 Å². The first kappa shape index (κ1) is 14.6. The number of hydrogen-bond acceptors (Lipinski definition) is 4. The molecule has 4 atom stereocenters. The maximum Gasteiger partial charge on any atom is 0.226 e. The Kier molecular flexibility index (Phi) is 4.29. The lowest BCUT2D eigenvalue weighted by Crippen LogP contribution is -2.48. The van der Waals surface area contributed by atoms with Crippen molar-refractivity contribution in [1.82, 2.24) is 5.32 Å². The maximum atomic E-state index is 12.3. The van der Waals surface area contributed by atoms with Gasteiger partial charge in [0.1, 0.15) is 0 Å². The summed E-state index contributed by atoms with van der Waals surface area (Å²) in [5, 5.41) is 14.1. The van der Waals surface area contributed by atoms with Gasteiger partial charge in [0.15, 0.2) is 0 Å². The number of carboxylic acids is 1. The molecule has 2 saturated heterocycles. The fourth-order valence-corrected chi connectivity index (χ4v) is 3.91. The Labute approximate surface area is 124 Å². The average Bonchev–Trinajstić information content (AvgIpc) is 3.08. The molecule has 5 heteroatoms. The molecule has 0 aromatic carbocycles. The van der Waals surface area contributed by atoms with Crippen molar-refractivity contribution in [3.63, 3.8) is 0 Å². The van der Waals surface area contributed by atoms with Crippen LogP contribution in [-0.4, -0.2) is 30.6 Å². The first-order chi connectivity index (χ1) is 10.2. The molecule has 0 saturated carbocycles. The van der Waals surface area contributed by atoms with E-state index in [-0.39, 0.29) is 18.1 Å². The lowest BCUT2D eigenvalue weighted by atomic mass is 9.78. The van der Waals surface area contributed by atoms with Gasteiger partial charge in [-0.05, 0) is 44.9 Å². The minimum atomic E-state index is -1.16. The van der Waals surface area contributed by atoms with E-state index in [9.17, 15) is 14.7 Å². The van der Waals surface area contributed by atoms with E-state index in [1.165, 1.54) is 18.4 Å². The number of ether oxygens (including phenoxy) is 1. The second-order valence-electron chi connectivity index (χ2n) is 6.31. The molecule has 1 N–H and O–H groups in total. The third kappa shape index (κ3) is 2.98. The predicted octanol–water partition coefficient (Wildman–Crippen LogP) is 0.537. The number of rotatable bonds is 5. The van der Waals surface area contributed by atoms with Crippen LogP contribution in [0.25, 0.3) is 0 Å². The van der Waals surface area contributed by atoms with Crippen molar-refractivity contribution in [2.75, 3.05) is 6.54 Å². The summed E-state index contributed by atoms with van der Waals surface area (Å²) < 4.78 is 5.58. The van der Waals surface area contributed by atoms with Crippen LogP contribution in [0.3, 0.4) is 0 Å². The Hall–Kier alpha value is -1.36. The third-order valence-corrected chi connectivity index (χ3v) is 4.98. The summed E-state index contributed by atoms with van der Waals surface area (Å²) in [5.41, 5.74) is 1.40. The van der Waals surface area contributed by atoms with Crippen molar-refractivity contribution in [3.05, 3.63) is 11.6 Å². The standard InChI is InChI=1S/C16H23NO4/c18-15(17-9-8-10-4-2-1-3-5-10)13-11-6-7-12(21-11)14(13)16(19)20/h4,11-14H,1-3,5-9H2,(H,17,18)(H,19,20)/p-1. The normalized spacial score (nSPS) is 34.6. The van der Waals surface area contributed by atoms with Gasteiger partial charge in [0, 0.05) is 18.4 Å². The predicted molar refractivity (Wildman–Crippen MR) is 74.1 cm³/mol. The zero-order valence-electron chi connectivity index (χ0n) is 12.2.